The lowest BCUT2D eigenvalue weighted by Crippen LogP contribution is -2.31. The molecule has 3 N–H and O–H groups in total. The summed E-state index contributed by atoms with van der Waals surface area (Å²) in [5.41, 5.74) is 8.10. The molecule has 26 heavy (non-hydrogen) atoms. The minimum absolute atomic E-state index is 0.345. The zero-order valence-electron chi connectivity index (χ0n) is 14.0. The normalized spacial score (nSPS) is 16.3. The van der Waals surface area contributed by atoms with Gasteiger partial charge in [-0.3, -0.25) is 4.79 Å². The standard InChI is InChI=1S/C18H17N5OS2/c1-11-14(16(19)24)15(13-8-5-9-25-13)23-17(20-11)21-18(22-23)26-10-12-6-3-2-4-7-12/h2-9,15H,10H2,1H3,(H2,19,24)(H,20,21,22)/t15-/m0/s1. The first-order chi connectivity index (χ1) is 12.6. The minimum Gasteiger partial charge on any atom is -0.366 e. The van der Waals surface area contributed by atoms with Gasteiger partial charge in [0.1, 0.15) is 6.04 Å². The van der Waals surface area contributed by atoms with Crippen LogP contribution in [0.5, 0.6) is 0 Å². The Bertz CT molecular complexity index is 963. The first kappa shape index (κ1) is 16.9. The van der Waals surface area contributed by atoms with Crippen LogP contribution in [0.15, 0.2) is 64.3 Å². The van der Waals surface area contributed by atoms with Crippen LogP contribution < -0.4 is 11.1 Å². The predicted octanol–water partition coefficient (Wildman–Crippen LogP) is 3.41. The zero-order chi connectivity index (χ0) is 18.1. The molecule has 0 spiro atoms. The number of aromatic nitrogens is 3. The molecule has 1 atom stereocenters. The number of fused-ring (bicyclic) bond motifs is 1. The molecule has 4 rings (SSSR count). The van der Waals surface area contributed by atoms with Crippen molar-refractivity contribution in [3.05, 3.63) is 69.6 Å². The molecule has 1 amide bonds. The first-order valence-electron chi connectivity index (χ1n) is 8.07. The van der Waals surface area contributed by atoms with Gasteiger partial charge in [-0.25, -0.2) is 4.68 Å². The molecule has 2 aromatic heterocycles. The number of nitrogens with two attached hydrogens (primary N) is 1. The van der Waals surface area contributed by atoms with Gasteiger partial charge in [-0.15, -0.1) is 16.4 Å². The van der Waals surface area contributed by atoms with Gasteiger partial charge in [0.25, 0.3) is 0 Å². The van der Waals surface area contributed by atoms with Gasteiger partial charge in [0.2, 0.25) is 17.0 Å². The van der Waals surface area contributed by atoms with Crippen molar-refractivity contribution < 1.29 is 4.79 Å². The summed E-state index contributed by atoms with van der Waals surface area (Å²) < 4.78 is 1.76. The van der Waals surface area contributed by atoms with Gasteiger partial charge in [0.15, 0.2) is 0 Å². The molecule has 1 aliphatic heterocycles. The van der Waals surface area contributed by atoms with Gasteiger partial charge < -0.3 is 11.1 Å². The van der Waals surface area contributed by atoms with Crippen LogP contribution >= 0.6 is 23.1 Å². The fourth-order valence-corrected chi connectivity index (χ4v) is 4.55. The van der Waals surface area contributed by atoms with Gasteiger partial charge in [0, 0.05) is 16.3 Å². The number of primary amides is 1. The van der Waals surface area contributed by atoms with E-state index in [-0.39, 0.29) is 6.04 Å². The van der Waals surface area contributed by atoms with Gasteiger partial charge in [0.05, 0.1) is 5.57 Å². The molecule has 3 heterocycles. The Morgan fingerprint density at radius 1 is 1.31 bits per heavy atom. The van der Waals surface area contributed by atoms with E-state index in [1.807, 2.05) is 42.6 Å². The number of allylic oxidation sites excluding steroid dienone is 1. The van der Waals surface area contributed by atoms with Crippen molar-refractivity contribution in [2.75, 3.05) is 5.32 Å². The van der Waals surface area contributed by atoms with Crippen LogP contribution in [0.3, 0.4) is 0 Å². The summed E-state index contributed by atoms with van der Waals surface area (Å²) in [6.07, 6.45) is 0. The maximum atomic E-state index is 12.1. The molecule has 0 fully saturated rings. The van der Waals surface area contributed by atoms with E-state index in [2.05, 4.69) is 27.5 Å². The van der Waals surface area contributed by atoms with Crippen molar-refractivity contribution in [3.63, 3.8) is 0 Å². The number of carbonyl (C=O) groups is 1. The van der Waals surface area contributed by atoms with E-state index in [1.54, 1.807) is 27.8 Å². The molecule has 1 aromatic carbocycles. The number of thiophene rings is 1. The molecular formula is C18H17N5OS2. The Morgan fingerprint density at radius 3 is 2.81 bits per heavy atom. The number of hydrogen-bond acceptors (Lipinski definition) is 6. The molecular weight excluding hydrogens is 366 g/mol. The summed E-state index contributed by atoms with van der Waals surface area (Å²) in [6, 6.07) is 13.8. The van der Waals surface area contributed by atoms with Crippen LogP contribution in [-0.4, -0.2) is 20.7 Å². The summed E-state index contributed by atoms with van der Waals surface area (Å²) in [5, 5.41) is 10.4. The van der Waals surface area contributed by atoms with Crippen LogP contribution in [-0.2, 0) is 10.5 Å². The van der Waals surface area contributed by atoms with Crippen molar-refractivity contribution >= 4 is 35.0 Å². The zero-order valence-corrected chi connectivity index (χ0v) is 15.7. The van der Waals surface area contributed by atoms with Gasteiger partial charge in [-0.2, -0.15) is 4.98 Å². The molecule has 1 aliphatic rings. The Balaban J connectivity index is 1.67. The van der Waals surface area contributed by atoms with E-state index in [0.29, 0.717) is 16.7 Å². The Hall–Kier alpha value is -2.58. The fourth-order valence-electron chi connectivity index (χ4n) is 2.94. The number of nitrogens with zero attached hydrogens (tertiary/aromatic N) is 3. The number of carbonyl (C=O) groups excluding carboxylic acids is 1. The van der Waals surface area contributed by atoms with Crippen LogP contribution in [0, 0.1) is 0 Å². The molecule has 132 valence electrons. The van der Waals surface area contributed by atoms with Crippen molar-refractivity contribution in [2.24, 2.45) is 5.73 Å². The highest BCUT2D eigenvalue weighted by Gasteiger charge is 2.33. The second-order valence-electron chi connectivity index (χ2n) is 5.88. The van der Waals surface area contributed by atoms with E-state index in [9.17, 15) is 4.79 Å². The number of hydrogen-bond donors (Lipinski definition) is 2. The third kappa shape index (κ3) is 3.13. The minimum atomic E-state index is -0.451. The molecule has 8 heteroatoms. The number of benzene rings is 1. The summed E-state index contributed by atoms with van der Waals surface area (Å²) >= 11 is 3.13. The lowest BCUT2D eigenvalue weighted by molar-refractivity contribution is -0.115. The molecule has 0 saturated heterocycles. The van der Waals surface area contributed by atoms with E-state index >= 15 is 0 Å². The van der Waals surface area contributed by atoms with E-state index in [0.717, 1.165) is 16.3 Å². The summed E-state index contributed by atoms with van der Waals surface area (Å²) in [4.78, 5) is 17.7. The smallest absolute Gasteiger partial charge is 0.248 e. The van der Waals surface area contributed by atoms with E-state index < -0.39 is 5.91 Å². The molecule has 3 aromatic rings. The van der Waals surface area contributed by atoms with E-state index in [1.165, 1.54) is 5.56 Å². The topological polar surface area (TPSA) is 85.8 Å². The van der Waals surface area contributed by atoms with Crippen LogP contribution in [0.2, 0.25) is 0 Å². The van der Waals surface area contributed by atoms with Crippen molar-refractivity contribution in [1.82, 2.24) is 14.8 Å². The largest absolute Gasteiger partial charge is 0.366 e. The van der Waals surface area contributed by atoms with Crippen molar-refractivity contribution in [3.8, 4) is 0 Å². The number of nitrogens with one attached hydrogen (secondary N) is 1. The summed E-state index contributed by atoms with van der Waals surface area (Å²) in [7, 11) is 0. The van der Waals surface area contributed by atoms with Crippen molar-refractivity contribution in [1.29, 1.82) is 0 Å². The molecule has 0 bridgehead atoms. The fraction of sp³-hybridized carbons (Fsp3) is 0.167. The maximum absolute atomic E-state index is 12.1. The second kappa shape index (κ2) is 6.97. The Morgan fingerprint density at radius 2 is 2.12 bits per heavy atom. The highest BCUT2D eigenvalue weighted by atomic mass is 32.2. The predicted molar refractivity (Wildman–Crippen MR) is 104 cm³/mol. The molecule has 0 aliphatic carbocycles. The lowest BCUT2D eigenvalue weighted by Gasteiger charge is -2.26. The summed E-state index contributed by atoms with van der Waals surface area (Å²) in [5.74, 6) is 0.956. The monoisotopic (exact) mass is 383 g/mol. The Labute approximate surface area is 159 Å². The highest BCUT2D eigenvalue weighted by molar-refractivity contribution is 7.98. The quantitative estimate of drug-likeness (QED) is 0.660. The molecule has 0 radical (unpaired) electrons. The van der Waals surface area contributed by atoms with Crippen molar-refractivity contribution in [2.45, 2.75) is 23.9 Å². The van der Waals surface area contributed by atoms with Gasteiger partial charge in [-0.05, 0) is 23.9 Å². The van der Waals surface area contributed by atoms with Gasteiger partial charge >= 0.3 is 0 Å². The highest BCUT2D eigenvalue weighted by Crippen LogP contribution is 2.37. The van der Waals surface area contributed by atoms with Crippen LogP contribution in [0.25, 0.3) is 0 Å². The maximum Gasteiger partial charge on any atom is 0.248 e. The average molecular weight is 384 g/mol. The van der Waals surface area contributed by atoms with Crippen LogP contribution in [0.1, 0.15) is 23.4 Å². The SMILES string of the molecule is CC1=C(C(N)=O)[C@H](c2cccs2)n2nc(SCc3ccccc3)nc2N1. The average Bonchev–Trinajstić information content (AvgIpc) is 3.29. The second-order valence-corrected chi connectivity index (χ2v) is 7.80. The third-order valence-corrected chi connectivity index (χ3v) is 5.96. The summed E-state index contributed by atoms with van der Waals surface area (Å²) in [6.45, 7) is 1.84. The number of thioether (sulfide) groups is 1. The van der Waals surface area contributed by atoms with E-state index in [4.69, 9.17) is 5.73 Å². The number of rotatable bonds is 5. The van der Waals surface area contributed by atoms with Gasteiger partial charge in [-0.1, -0.05) is 48.2 Å². The lowest BCUT2D eigenvalue weighted by atomic mass is 10.0. The Kier molecular flexibility index (Phi) is 4.52. The van der Waals surface area contributed by atoms with Crippen LogP contribution in [0.4, 0.5) is 5.95 Å². The third-order valence-electron chi connectivity index (χ3n) is 4.12. The molecule has 6 nitrogen and oxygen atoms in total. The number of anilines is 1. The molecule has 0 unspecified atom stereocenters. The first-order valence-corrected chi connectivity index (χ1v) is 9.94. The number of amides is 1. The molecule has 0 saturated carbocycles.